The molecule has 86 valence electrons. The second-order valence-corrected chi connectivity index (χ2v) is 2.95. The fourth-order valence-electron chi connectivity index (χ4n) is 1.16. The number of rotatable bonds is 3. The molecule has 0 aromatic heterocycles. The molecule has 1 aromatic carbocycles. The zero-order chi connectivity index (χ0) is 12.1. The van der Waals surface area contributed by atoms with Crippen molar-refractivity contribution in [2.45, 2.75) is 6.92 Å². The molecule has 0 radical (unpaired) electrons. The third-order valence-corrected chi connectivity index (χ3v) is 1.81. The van der Waals surface area contributed by atoms with Crippen LogP contribution in [0.5, 0.6) is 0 Å². The predicted molar refractivity (Wildman–Crippen MR) is 55.2 cm³/mol. The van der Waals surface area contributed by atoms with Gasteiger partial charge in [0.1, 0.15) is 11.6 Å². The average Bonchev–Trinajstić information content (AvgIpc) is 2.17. The first-order valence-corrected chi connectivity index (χ1v) is 4.64. The third-order valence-electron chi connectivity index (χ3n) is 1.81. The maximum atomic E-state index is 13.2. The Balaban J connectivity index is 3.04. The zero-order valence-corrected chi connectivity index (χ0v) is 8.67. The summed E-state index contributed by atoms with van der Waals surface area (Å²) in [5.41, 5.74) is 4.69. The minimum absolute atomic E-state index is 0.169. The van der Waals surface area contributed by atoms with Crippen LogP contribution in [0.2, 0.25) is 0 Å². The predicted octanol–water partition coefficient (Wildman–Crippen LogP) is 1.83. The summed E-state index contributed by atoms with van der Waals surface area (Å²) in [6, 6.07) is 3.33. The monoisotopic (exact) mass is 227 g/mol. The summed E-state index contributed by atoms with van der Waals surface area (Å²) in [5, 5.41) is 0. The van der Waals surface area contributed by atoms with Crippen LogP contribution in [-0.2, 0) is 9.53 Å². The van der Waals surface area contributed by atoms with Crippen LogP contribution in [0.4, 0.5) is 8.78 Å². The van der Waals surface area contributed by atoms with Gasteiger partial charge in [0.15, 0.2) is 0 Å². The number of nitrogens with two attached hydrogens (primary N) is 1. The lowest BCUT2D eigenvalue weighted by Gasteiger charge is -2.04. The number of hydrogen-bond donors (Lipinski definition) is 1. The smallest absolute Gasteiger partial charge is 0.332 e. The molecule has 0 saturated heterocycles. The molecule has 16 heavy (non-hydrogen) atoms. The Morgan fingerprint density at radius 2 is 2.00 bits per heavy atom. The molecule has 0 spiro atoms. The maximum absolute atomic E-state index is 13.2. The molecule has 0 unspecified atom stereocenters. The minimum atomic E-state index is -0.821. The molecule has 0 bridgehead atoms. The van der Waals surface area contributed by atoms with E-state index < -0.39 is 23.2 Å². The summed E-state index contributed by atoms with van der Waals surface area (Å²) < 4.78 is 31.0. The van der Waals surface area contributed by atoms with Crippen LogP contribution in [0, 0.1) is 11.6 Å². The van der Waals surface area contributed by atoms with Gasteiger partial charge in [0.05, 0.1) is 17.9 Å². The number of carbonyl (C=O) groups is 1. The Hall–Kier alpha value is -1.91. The Bertz CT molecular complexity index is 410. The standard InChI is InChI=1S/C11H11F2NO2/c1-2-16-10(15)6-9(14)11-7(12)4-3-5-8(11)13/h3-6H,2,14H2,1H3/b9-6-. The van der Waals surface area contributed by atoms with E-state index in [0.717, 1.165) is 18.2 Å². The molecule has 3 nitrogen and oxygen atoms in total. The van der Waals surface area contributed by atoms with Crippen LogP contribution in [0.15, 0.2) is 24.3 Å². The topological polar surface area (TPSA) is 52.3 Å². The average molecular weight is 227 g/mol. The van der Waals surface area contributed by atoms with Crippen molar-refractivity contribution in [3.8, 4) is 0 Å². The van der Waals surface area contributed by atoms with E-state index in [9.17, 15) is 13.6 Å². The first-order valence-electron chi connectivity index (χ1n) is 4.64. The normalized spacial score (nSPS) is 11.3. The number of carbonyl (C=O) groups excluding carboxylic acids is 1. The molecule has 0 aliphatic carbocycles. The van der Waals surface area contributed by atoms with E-state index in [0.29, 0.717) is 0 Å². The van der Waals surface area contributed by atoms with Crippen LogP contribution < -0.4 is 5.73 Å². The highest BCUT2D eigenvalue weighted by atomic mass is 19.1. The number of halogens is 2. The summed E-state index contributed by atoms with van der Waals surface area (Å²) in [4.78, 5) is 11.0. The van der Waals surface area contributed by atoms with Gasteiger partial charge < -0.3 is 10.5 Å². The molecule has 0 atom stereocenters. The Kier molecular flexibility index (Phi) is 3.99. The Morgan fingerprint density at radius 1 is 1.44 bits per heavy atom. The molecule has 0 saturated carbocycles. The zero-order valence-electron chi connectivity index (χ0n) is 8.67. The summed E-state index contributed by atoms with van der Waals surface area (Å²) in [6.07, 6.45) is 0.852. The van der Waals surface area contributed by atoms with Gasteiger partial charge in [0.2, 0.25) is 0 Å². The van der Waals surface area contributed by atoms with Crippen molar-refractivity contribution < 1.29 is 18.3 Å². The maximum Gasteiger partial charge on any atom is 0.332 e. The lowest BCUT2D eigenvalue weighted by Crippen LogP contribution is -2.08. The quantitative estimate of drug-likeness (QED) is 0.633. The molecular formula is C11H11F2NO2. The molecule has 0 aliphatic rings. The first kappa shape index (κ1) is 12.2. The van der Waals surface area contributed by atoms with Gasteiger partial charge in [0, 0.05) is 6.08 Å². The van der Waals surface area contributed by atoms with Crippen molar-refractivity contribution in [2.75, 3.05) is 6.61 Å². The van der Waals surface area contributed by atoms with Gasteiger partial charge in [-0.25, -0.2) is 13.6 Å². The molecule has 0 fully saturated rings. The van der Waals surface area contributed by atoms with E-state index in [1.807, 2.05) is 0 Å². The highest BCUT2D eigenvalue weighted by molar-refractivity contribution is 5.90. The number of hydrogen-bond acceptors (Lipinski definition) is 3. The van der Waals surface area contributed by atoms with E-state index in [1.165, 1.54) is 6.07 Å². The molecule has 2 N–H and O–H groups in total. The second kappa shape index (κ2) is 5.25. The Morgan fingerprint density at radius 3 is 2.50 bits per heavy atom. The largest absolute Gasteiger partial charge is 0.463 e. The summed E-state index contributed by atoms with van der Waals surface area (Å²) in [7, 11) is 0. The molecule has 1 rings (SSSR count). The number of esters is 1. The van der Waals surface area contributed by atoms with Crippen LogP contribution in [0.1, 0.15) is 12.5 Å². The number of benzene rings is 1. The highest BCUT2D eigenvalue weighted by Crippen LogP contribution is 2.17. The molecular weight excluding hydrogens is 216 g/mol. The van der Waals surface area contributed by atoms with Crippen molar-refractivity contribution in [3.05, 3.63) is 41.5 Å². The fraction of sp³-hybridized carbons (Fsp3) is 0.182. The highest BCUT2D eigenvalue weighted by Gasteiger charge is 2.12. The molecule has 0 heterocycles. The number of ether oxygens (including phenoxy) is 1. The second-order valence-electron chi connectivity index (χ2n) is 2.95. The fourth-order valence-corrected chi connectivity index (χ4v) is 1.16. The molecule has 0 amide bonds. The van der Waals surface area contributed by atoms with E-state index in [1.54, 1.807) is 6.92 Å². The summed E-state index contributed by atoms with van der Waals surface area (Å²) >= 11 is 0. The van der Waals surface area contributed by atoms with Crippen molar-refractivity contribution >= 4 is 11.7 Å². The summed E-state index contributed by atoms with van der Waals surface area (Å²) in [5.74, 6) is -2.38. The van der Waals surface area contributed by atoms with Gasteiger partial charge in [-0.05, 0) is 19.1 Å². The van der Waals surface area contributed by atoms with Gasteiger partial charge in [0.25, 0.3) is 0 Å². The van der Waals surface area contributed by atoms with Crippen molar-refractivity contribution in [3.63, 3.8) is 0 Å². The first-order chi connectivity index (χ1) is 7.56. The molecule has 5 heteroatoms. The van der Waals surface area contributed by atoms with Crippen molar-refractivity contribution in [2.24, 2.45) is 5.73 Å². The Labute approximate surface area is 91.5 Å². The van der Waals surface area contributed by atoms with Crippen LogP contribution in [0.25, 0.3) is 5.70 Å². The van der Waals surface area contributed by atoms with Gasteiger partial charge in [-0.2, -0.15) is 0 Å². The van der Waals surface area contributed by atoms with Gasteiger partial charge in [-0.3, -0.25) is 0 Å². The summed E-state index contributed by atoms with van der Waals surface area (Å²) in [6.45, 7) is 1.79. The van der Waals surface area contributed by atoms with Crippen LogP contribution in [0.3, 0.4) is 0 Å². The van der Waals surface area contributed by atoms with E-state index in [2.05, 4.69) is 4.74 Å². The van der Waals surface area contributed by atoms with E-state index >= 15 is 0 Å². The lowest BCUT2D eigenvalue weighted by atomic mass is 10.1. The lowest BCUT2D eigenvalue weighted by molar-refractivity contribution is -0.137. The third kappa shape index (κ3) is 2.79. The minimum Gasteiger partial charge on any atom is -0.463 e. The van der Waals surface area contributed by atoms with Gasteiger partial charge in [-0.1, -0.05) is 6.07 Å². The van der Waals surface area contributed by atoms with Crippen LogP contribution >= 0.6 is 0 Å². The van der Waals surface area contributed by atoms with Gasteiger partial charge in [-0.15, -0.1) is 0 Å². The van der Waals surface area contributed by atoms with Crippen molar-refractivity contribution in [1.82, 2.24) is 0 Å². The van der Waals surface area contributed by atoms with E-state index in [-0.39, 0.29) is 12.3 Å². The van der Waals surface area contributed by atoms with Crippen molar-refractivity contribution in [1.29, 1.82) is 0 Å². The molecule has 1 aromatic rings. The van der Waals surface area contributed by atoms with Gasteiger partial charge >= 0.3 is 5.97 Å². The SMILES string of the molecule is CCOC(=O)/C=C(\N)c1c(F)cccc1F. The molecule has 0 aliphatic heterocycles. The van der Waals surface area contributed by atoms with E-state index in [4.69, 9.17) is 5.73 Å². The van der Waals surface area contributed by atoms with Crippen LogP contribution in [-0.4, -0.2) is 12.6 Å².